The van der Waals surface area contributed by atoms with E-state index in [1.807, 2.05) is 13.8 Å². The van der Waals surface area contributed by atoms with Gasteiger partial charge in [0.05, 0.1) is 23.7 Å². The number of hydrogen-bond acceptors (Lipinski definition) is 7. The Labute approximate surface area is 207 Å². The van der Waals surface area contributed by atoms with Crippen LogP contribution in [0, 0.1) is 40.4 Å². The van der Waals surface area contributed by atoms with Gasteiger partial charge >= 0.3 is 5.97 Å². The smallest absolute Gasteiger partial charge is 0.336 e. The highest BCUT2D eigenvalue weighted by Gasteiger charge is 2.69. The van der Waals surface area contributed by atoms with Crippen LogP contribution in [0.25, 0.3) is 0 Å². The Morgan fingerprint density at radius 3 is 2.54 bits per heavy atom. The molecular formula is C28H40O7. The molecule has 10 atom stereocenters. The molecule has 0 aromatic rings. The standard InChI is InChI=1S/C28H40O7/c1-15-11-22(35-25(33)17(15)13-29)18(14-30)20-7-6-19-16-12-24(32)28(34)9-4-5-23(31)27(28,3)21(16)8-10-26(19,20)2/h4-5,16,18-22,24,29-30,32,34H,6-14H2,1-3H3. The number of carbonyl (C=O) groups excluding carboxylic acids is 2. The molecule has 0 aromatic carbocycles. The van der Waals surface area contributed by atoms with Crippen molar-refractivity contribution in [1.82, 2.24) is 0 Å². The number of ether oxygens (including phenoxy) is 1. The second-order valence-corrected chi connectivity index (χ2v) is 12.4. The van der Waals surface area contributed by atoms with E-state index in [1.165, 1.54) is 0 Å². The van der Waals surface area contributed by atoms with Crippen LogP contribution >= 0.6 is 0 Å². The molecule has 1 aliphatic heterocycles. The van der Waals surface area contributed by atoms with Gasteiger partial charge in [0.25, 0.3) is 0 Å². The summed E-state index contributed by atoms with van der Waals surface area (Å²) in [5, 5.41) is 42.7. The fourth-order valence-corrected chi connectivity index (χ4v) is 9.25. The lowest BCUT2D eigenvalue weighted by atomic mass is 9.43. The number of hydrogen-bond donors (Lipinski definition) is 4. The zero-order valence-corrected chi connectivity index (χ0v) is 21.1. The maximum absolute atomic E-state index is 13.2. The number of cyclic esters (lactones) is 1. The van der Waals surface area contributed by atoms with Gasteiger partial charge in [0.15, 0.2) is 5.78 Å². The summed E-state index contributed by atoms with van der Waals surface area (Å²) in [6.07, 6.45) is 6.68. The molecule has 4 aliphatic carbocycles. The summed E-state index contributed by atoms with van der Waals surface area (Å²) in [5.41, 5.74) is -1.40. The first-order valence-electron chi connectivity index (χ1n) is 13.3. The maximum Gasteiger partial charge on any atom is 0.336 e. The first-order valence-corrected chi connectivity index (χ1v) is 13.3. The van der Waals surface area contributed by atoms with Crippen LogP contribution in [0.4, 0.5) is 0 Å². The molecule has 7 heteroatoms. The molecule has 1 heterocycles. The molecule has 0 radical (unpaired) electrons. The summed E-state index contributed by atoms with van der Waals surface area (Å²) in [5.74, 6) is -0.252. The highest BCUT2D eigenvalue weighted by atomic mass is 16.5. The average Bonchev–Trinajstić information content (AvgIpc) is 3.15. The van der Waals surface area contributed by atoms with E-state index in [-0.39, 0.29) is 54.0 Å². The second kappa shape index (κ2) is 8.51. The third-order valence-electron chi connectivity index (χ3n) is 11.3. The van der Waals surface area contributed by atoms with E-state index in [0.717, 1.165) is 31.3 Å². The predicted octanol–water partition coefficient (Wildman–Crippen LogP) is 2.31. The molecule has 3 fully saturated rings. The molecule has 0 bridgehead atoms. The lowest BCUT2D eigenvalue weighted by molar-refractivity contribution is -0.232. The van der Waals surface area contributed by atoms with Crippen LogP contribution < -0.4 is 0 Å². The normalized spacial score (nSPS) is 48.2. The summed E-state index contributed by atoms with van der Waals surface area (Å²) in [4.78, 5) is 25.7. The minimum Gasteiger partial charge on any atom is -0.458 e. The van der Waals surface area contributed by atoms with Gasteiger partial charge in [-0.2, -0.15) is 0 Å². The average molecular weight is 489 g/mol. The fraction of sp³-hybridized carbons (Fsp3) is 0.786. The summed E-state index contributed by atoms with van der Waals surface area (Å²) in [7, 11) is 0. The number of ketones is 1. The Morgan fingerprint density at radius 2 is 1.89 bits per heavy atom. The van der Waals surface area contributed by atoms with Crippen LogP contribution in [0.15, 0.2) is 23.3 Å². The largest absolute Gasteiger partial charge is 0.458 e. The Bertz CT molecular complexity index is 970. The van der Waals surface area contributed by atoms with Crippen LogP contribution in [0.5, 0.6) is 0 Å². The molecule has 3 saturated carbocycles. The Kier molecular flexibility index (Phi) is 6.11. The number of carbonyl (C=O) groups is 2. The molecular weight excluding hydrogens is 448 g/mol. The van der Waals surface area contributed by atoms with Gasteiger partial charge in [0, 0.05) is 18.9 Å². The van der Waals surface area contributed by atoms with Gasteiger partial charge in [-0.15, -0.1) is 0 Å². The van der Waals surface area contributed by atoms with E-state index in [4.69, 9.17) is 4.74 Å². The SMILES string of the molecule is CC1=C(CO)C(=O)OC(C(CO)C2CCC3C4CC(O)C5(O)CC=CC(=O)C5(C)C4CCC23C)C1. The maximum atomic E-state index is 13.2. The van der Waals surface area contributed by atoms with Crippen molar-refractivity contribution in [3.8, 4) is 0 Å². The minimum absolute atomic E-state index is 0.00236. The lowest BCUT2D eigenvalue weighted by Gasteiger charge is -2.63. The highest BCUT2D eigenvalue weighted by molar-refractivity contribution is 5.97. The first-order chi connectivity index (χ1) is 16.5. The molecule has 5 rings (SSSR count). The van der Waals surface area contributed by atoms with Gasteiger partial charge in [-0.05, 0) is 87.5 Å². The predicted molar refractivity (Wildman–Crippen MR) is 128 cm³/mol. The van der Waals surface area contributed by atoms with E-state index in [0.29, 0.717) is 24.8 Å². The quantitative estimate of drug-likeness (QED) is 0.448. The number of esters is 1. The minimum atomic E-state index is -1.43. The van der Waals surface area contributed by atoms with E-state index >= 15 is 0 Å². The first kappa shape index (κ1) is 25.1. The number of aliphatic hydroxyl groups excluding tert-OH is 3. The number of allylic oxidation sites excluding steroid dienone is 1. The van der Waals surface area contributed by atoms with Gasteiger partial charge in [-0.1, -0.05) is 18.6 Å². The zero-order valence-electron chi connectivity index (χ0n) is 21.1. The summed E-state index contributed by atoms with van der Waals surface area (Å²) >= 11 is 0. The summed E-state index contributed by atoms with van der Waals surface area (Å²) < 4.78 is 5.75. The molecule has 0 spiro atoms. The van der Waals surface area contributed by atoms with Crippen molar-refractivity contribution in [3.63, 3.8) is 0 Å². The van der Waals surface area contributed by atoms with Crippen molar-refractivity contribution in [2.45, 2.75) is 83.5 Å². The number of rotatable bonds is 4. The monoisotopic (exact) mass is 488 g/mol. The van der Waals surface area contributed by atoms with Crippen molar-refractivity contribution >= 4 is 11.8 Å². The van der Waals surface area contributed by atoms with E-state index in [9.17, 15) is 30.0 Å². The fourth-order valence-electron chi connectivity index (χ4n) is 9.25. The van der Waals surface area contributed by atoms with Crippen molar-refractivity contribution in [2.75, 3.05) is 13.2 Å². The molecule has 4 N–H and O–H groups in total. The molecule has 0 saturated heterocycles. The second-order valence-electron chi connectivity index (χ2n) is 12.4. The summed E-state index contributed by atoms with van der Waals surface area (Å²) in [6, 6.07) is 0. The molecule has 5 aliphatic rings. The van der Waals surface area contributed by atoms with Crippen molar-refractivity contribution in [1.29, 1.82) is 0 Å². The van der Waals surface area contributed by atoms with E-state index in [1.54, 1.807) is 12.2 Å². The molecule has 7 nitrogen and oxygen atoms in total. The van der Waals surface area contributed by atoms with Crippen molar-refractivity contribution in [2.24, 2.45) is 40.4 Å². The molecule has 0 amide bonds. The van der Waals surface area contributed by atoms with E-state index < -0.39 is 29.2 Å². The van der Waals surface area contributed by atoms with E-state index in [2.05, 4.69) is 6.92 Å². The third-order valence-corrected chi connectivity index (χ3v) is 11.3. The zero-order chi connectivity index (χ0) is 25.3. The molecule has 194 valence electrons. The van der Waals surface area contributed by atoms with Crippen LogP contribution in [0.1, 0.15) is 65.7 Å². The summed E-state index contributed by atoms with van der Waals surface area (Å²) in [6.45, 7) is 5.57. The van der Waals surface area contributed by atoms with Gasteiger partial charge < -0.3 is 25.2 Å². The molecule has 35 heavy (non-hydrogen) atoms. The Balaban J connectivity index is 1.44. The van der Waals surface area contributed by atoms with Crippen molar-refractivity contribution < 1.29 is 34.8 Å². The highest BCUT2D eigenvalue weighted by Crippen LogP contribution is 2.68. The Morgan fingerprint density at radius 1 is 1.14 bits per heavy atom. The molecule has 0 aromatic heterocycles. The van der Waals surface area contributed by atoms with Gasteiger partial charge in [-0.3, -0.25) is 4.79 Å². The van der Waals surface area contributed by atoms with Crippen LogP contribution in [0.2, 0.25) is 0 Å². The van der Waals surface area contributed by atoms with Crippen LogP contribution in [0.3, 0.4) is 0 Å². The third kappa shape index (κ3) is 3.30. The topological polar surface area (TPSA) is 124 Å². The Hall–Kier alpha value is -1.54. The lowest BCUT2D eigenvalue weighted by Crippen LogP contribution is -2.69. The number of aliphatic hydroxyl groups is 4. The molecule has 10 unspecified atom stereocenters. The van der Waals surface area contributed by atoms with Crippen molar-refractivity contribution in [3.05, 3.63) is 23.3 Å². The van der Waals surface area contributed by atoms with Gasteiger partial charge in [0.2, 0.25) is 0 Å². The van der Waals surface area contributed by atoms with Crippen LogP contribution in [-0.4, -0.2) is 63.2 Å². The number of fused-ring (bicyclic) bond motifs is 5. The van der Waals surface area contributed by atoms with Gasteiger partial charge in [-0.25, -0.2) is 4.79 Å². The van der Waals surface area contributed by atoms with Gasteiger partial charge in [0.1, 0.15) is 11.7 Å². The van der Waals surface area contributed by atoms with Crippen LogP contribution in [-0.2, 0) is 14.3 Å².